The van der Waals surface area contributed by atoms with Crippen LogP contribution < -0.4 is 0 Å². The van der Waals surface area contributed by atoms with Crippen LogP contribution >= 0.6 is 0 Å². The summed E-state index contributed by atoms with van der Waals surface area (Å²) < 4.78 is 0. The highest BCUT2D eigenvalue weighted by molar-refractivity contribution is 5.97. The first kappa shape index (κ1) is 28.4. The van der Waals surface area contributed by atoms with E-state index in [2.05, 4.69) is 133 Å². The monoisotopic (exact) mass is 615 g/mol. The maximum atomic E-state index is 9.78. The van der Waals surface area contributed by atoms with Gasteiger partial charge in [-0.25, -0.2) is 9.97 Å². The summed E-state index contributed by atoms with van der Waals surface area (Å²) in [6, 6.07) is 51.7. The highest BCUT2D eigenvalue weighted by Gasteiger charge is 2.44. The van der Waals surface area contributed by atoms with Crippen molar-refractivity contribution in [3.05, 3.63) is 156 Å². The van der Waals surface area contributed by atoms with Crippen molar-refractivity contribution in [1.82, 2.24) is 9.97 Å². The van der Waals surface area contributed by atoms with E-state index in [1.54, 1.807) is 0 Å². The van der Waals surface area contributed by atoms with Gasteiger partial charge in [0.15, 0.2) is 5.82 Å². The minimum Gasteiger partial charge on any atom is -0.228 e. The molecule has 2 aliphatic rings. The standard InChI is InChI=1S/C45H33N3/c46-29-30-20-22-36-37-23-21-33(27-41(37)45(40(36)26-30)24-9-2-10-25-45)35-17-7-8-18-39(35)44-47-42(32-13-3-1-4-14-32)28-43(48-44)38-19-11-15-31-12-5-6-16-34(31)38/h1,3-8,11-23,26-28H,2,9-10,24-25H2. The zero-order valence-electron chi connectivity index (χ0n) is 26.7. The van der Waals surface area contributed by atoms with Crippen LogP contribution in [0.25, 0.3) is 66.9 Å². The second kappa shape index (κ2) is 11.4. The minimum atomic E-state index is -0.0496. The third-order valence-electron chi connectivity index (χ3n) is 10.5. The number of nitriles is 1. The Labute approximate surface area is 281 Å². The fourth-order valence-corrected chi connectivity index (χ4v) is 8.27. The van der Waals surface area contributed by atoms with Crippen molar-refractivity contribution in [2.24, 2.45) is 0 Å². The normalized spacial score (nSPS) is 14.4. The van der Waals surface area contributed by atoms with Gasteiger partial charge in [-0.3, -0.25) is 0 Å². The lowest BCUT2D eigenvalue weighted by Crippen LogP contribution is -2.28. The van der Waals surface area contributed by atoms with Gasteiger partial charge in [0, 0.05) is 22.1 Å². The lowest BCUT2D eigenvalue weighted by molar-refractivity contribution is 0.353. The van der Waals surface area contributed by atoms with Crippen molar-refractivity contribution >= 4 is 10.8 Å². The van der Waals surface area contributed by atoms with Gasteiger partial charge in [0.2, 0.25) is 0 Å². The van der Waals surface area contributed by atoms with Gasteiger partial charge >= 0.3 is 0 Å². The molecule has 0 saturated heterocycles. The molecular weight excluding hydrogens is 583 g/mol. The van der Waals surface area contributed by atoms with Crippen LogP contribution in [0.4, 0.5) is 0 Å². The molecule has 0 atom stereocenters. The van der Waals surface area contributed by atoms with E-state index in [1.807, 2.05) is 12.1 Å². The smallest absolute Gasteiger partial charge is 0.161 e. The molecule has 0 N–H and O–H groups in total. The number of hydrogen-bond acceptors (Lipinski definition) is 3. The Morgan fingerprint density at radius 2 is 1.17 bits per heavy atom. The molecule has 7 aromatic rings. The Kier molecular flexibility index (Phi) is 6.76. The van der Waals surface area contributed by atoms with E-state index in [0.29, 0.717) is 5.82 Å². The molecule has 0 aliphatic heterocycles. The first-order chi connectivity index (χ1) is 23.7. The molecule has 6 aromatic carbocycles. The number of fused-ring (bicyclic) bond motifs is 6. The Bertz CT molecular complexity index is 2390. The summed E-state index contributed by atoms with van der Waals surface area (Å²) in [5.74, 6) is 0.713. The summed E-state index contributed by atoms with van der Waals surface area (Å²) in [7, 11) is 0. The SMILES string of the molecule is N#Cc1ccc2c(c1)C1(CCCCC1)c1cc(-c3ccccc3-c3nc(-c4ccccc4)cc(-c4cccc5ccccc45)n3)ccc1-2. The lowest BCUT2D eigenvalue weighted by Gasteiger charge is -2.36. The van der Waals surface area contributed by atoms with Gasteiger partial charge in [-0.1, -0.05) is 135 Å². The van der Waals surface area contributed by atoms with Gasteiger partial charge in [-0.05, 0) is 81.3 Å². The van der Waals surface area contributed by atoms with Crippen molar-refractivity contribution in [3.63, 3.8) is 0 Å². The quantitative estimate of drug-likeness (QED) is 0.198. The molecule has 3 heteroatoms. The van der Waals surface area contributed by atoms with E-state index in [-0.39, 0.29) is 5.41 Å². The minimum absolute atomic E-state index is 0.0496. The molecule has 1 saturated carbocycles. The average molecular weight is 616 g/mol. The van der Waals surface area contributed by atoms with Crippen molar-refractivity contribution in [1.29, 1.82) is 5.26 Å². The summed E-state index contributed by atoms with van der Waals surface area (Å²) >= 11 is 0. The molecule has 0 amide bonds. The number of nitrogens with zero attached hydrogens (tertiary/aromatic N) is 3. The molecule has 228 valence electrons. The van der Waals surface area contributed by atoms with Crippen LogP contribution in [0.1, 0.15) is 48.8 Å². The molecule has 0 unspecified atom stereocenters. The number of aromatic nitrogens is 2. The van der Waals surface area contributed by atoms with Crippen molar-refractivity contribution in [2.75, 3.05) is 0 Å². The van der Waals surface area contributed by atoms with Crippen LogP contribution in [-0.2, 0) is 5.41 Å². The molecule has 1 fully saturated rings. The fraction of sp³-hybridized carbons (Fsp3) is 0.133. The summed E-state index contributed by atoms with van der Waals surface area (Å²) in [4.78, 5) is 10.5. The van der Waals surface area contributed by atoms with Crippen LogP contribution in [0.15, 0.2) is 140 Å². The number of benzene rings is 6. The van der Waals surface area contributed by atoms with Crippen LogP contribution in [0.3, 0.4) is 0 Å². The predicted octanol–water partition coefficient (Wildman–Crippen LogP) is 11.4. The molecular formula is C45H33N3. The van der Waals surface area contributed by atoms with Gasteiger partial charge in [0.25, 0.3) is 0 Å². The van der Waals surface area contributed by atoms with Crippen LogP contribution in [0, 0.1) is 11.3 Å². The maximum absolute atomic E-state index is 9.78. The molecule has 3 nitrogen and oxygen atoms in total. The van der Waals surface area contributed by atoms with Crippen LogP contribution in [0.2, 0.25) is 0 Å². The van der Waals surface area contributed by atoms with E-state index in [0.717, 1.165) is 52.0 Å². The molecule has 1 heterocycles. The van der Waals surface area contributed by atoms with E-state index in [4.69, 9.17) is 9.97 Å². The maximum Gasteiger partial charge on any atom is 0.161 e. The van der Waals surface area contributed by atoms with E-state index in [9.17, 15) is 5.26 Å². The van der Waals surface area contributed by atoms with Gasteiger partial charge in [0.1, 0.15) is 0 Å². The molecule has 9 rings (SSSR count). The highest BCUT2D eigenvalue weighted by Crippen LogP contribution is 2.56. The summed E-state index contributed by atoms with van der Waals surface area (Å²) in [6.45, 7) is 0. The molecule has 0 radical (unpaired) electrons. The third kappa shape index (κ3) is 4.56. The number of rotatable bonds is 4. The lowest BCUT2D eigenvalue weighted by atomic mass is 9.67. The van der Waals surface area contributed by atoms with Crippen molar-refractivity contribution < 1.29 is 0 Å². The summed E-state index contributed by atoms with van der Waals surface area (Å²) in [6.07, 6.45) is 5.90. The first-order valence-corrected chi connectivity index (χ1v) is 16.9. The largest absolute Gasteiger partial charge is 0.228 e. The zero-order chi connectivity index (χ0) is 32.1. The number of hydrogen-bond donors (Lipinski definition) is 0. The van der Waals surface area contributed by atoms with E-state index < -0.39 is 0 Å². The fourth-order valence-electron chi connectivity index (χ4n) is 8.27. The summed E-state index contributed by atoms with van der Waals surface area (Å²) in [5, 5.41) is 12.1. The van der Waals surface area contributed by atoms with Gasteiger partial charge in [-0.15, -0.1) is 0 Å². The Morgan fingerprint density at radius 3 is 2.00 bits per heavy atom. The van der Waals surface area contributed by atoms with E-state index in [1.165, 1.54) is 57.9 Å². The van der Waals surface area contributed by atoms with Crippen LogP contribution in [-0.4, -0.2) is 9.97 Å². The van der Waals surface area contributed by atoms with E-state index >= 15 is 0 Å². The second-order valence-corrected chi connectivity index (χ2v) is 13.2. The van der Waals surface area contributed by atoms with Gasteiger partial charge < -0.3 is 0 Å². The molecule has 0 bridgehead atoms. The topological polar surface area (TPSA) is 49.6 Å². The Balaban J connectivity index is 1.23. The van der Waals surface area contributed by atoms with Gasteiger partial charge in [-0.2, -0.15) is 5.26 Å². The van der Waals surface area contributed by atoms with Crippen LogP contribution in [0.5, 0.6) is 0 Å². The highest BCUT2D eigenvalue weighted by atomic mass is 14.9. The van der Waals surface area contributed by atoms with Crippen molar-refractivity contribution in [3.8, 4) is 62.2 Å². The molecule has 2 aliphatic carbocycles. The first-order valence-electron chi connectivity index (χ1n) is 16.9. The zero-order valence-corrected chi connectivity index (χ0v) is 26.7. The second-order valence-electron chi connectivity index (χ2n) is 13.2. The Morgan fingerprint density at radius 1 is 0.500 bits per heavy atom. The predicted molar refractivity (Wildman–Crippen MR) is 195 cm³/mol. The molecule has 48 heavy (non-hydrogen) atoms. The molecule has 1 aromatic heterocycles. The van der Waals surface area contributed by atoms with Gasteiger partial charge in [0.05, 0.1) is 23.0 Å². The average Bonchev–Trinajstić information content (AvgIpc) is 3.42. The summed E-state index contributed by atoms with van der Waals surface area (Å²) in [5.41, 5.74) is 13.3. The van der Waals surface area contributed by atoms with Crippen molar-refractivity contribution in [2.45, 2.75) is 37.5 Å². The molecule has 1 spiro atoms. The third-order valence-corrected chi connectivity index (χ3v) is 10.5. The Hall–Kier alpha value is -5.85.